The molecule has 0 amide bonds. The minimum atomic E-state index is -0.943. The third-order valence-electron chi connectivity index (χ3n) is 2.94. The predicted molar refractivity (Wildman–Crippen MR) is 67.1 cm³/mol. The molecule has 0 aliphatic heterocycles. The molecule has 0 spiro atoms. The Morgan fingerprint density at radius 2 is 2.11 bits per heavy atom. The first-order valence-corrected chi connectivity index (χ1v) is 6.29. The second kappa shape index (κ2) is 6.40. The molecular formula is C14H18O4. The fourth-order valence-corrected chi connectivity index (χ4v) is 1.70. The van der Waals surface area contributed by atoms with Crippen LogP contribution in [0.3, 0.4) is 0 Å². The van der Waals surface area contributed by atoms with Crippen molar-refractivity contribution in [2.24, 2.45) is 5.92 Å². The maximum atomic E-state index is 10.8. The van der Waals surface area contributed by atoms with Crippen molar-refractivity contribution in [3.63, 3.8) is 0 Å². The lowest BCUT2D eigenvalue weighted by Gasteiger charge is -2.07. The SMILES string of the molecule is O=C(O)c1cccc(OCCOCCC2CC2)c1. The molecule has 0 radical (unpaired) electrons. The van der Waals surface area contributed by atoms with E-state index in [1.165, 1.54) is 18.9 Å². The van der Waals surface area contributed by atoms with Crippen LogP contribution in [0.2, 0.25) is 0 Å². The summed E-state index contributed by atoms with van der Waals surface area (Å²) in [6, 6.07) is 6.48. The predicted octanol–water partition coefficient (Wildman–Crippen LogP) is 2.58. The van der Waals surface area contributed by atoms with Crippen molar-refractivity contribution in [2.45, 2.75) is 19.3 Å². The normalized spacial score (nSPS) is 14.4. The van der Waals surface area contributed by atoms with Gasteiger partial charge in [-0.25, -0.2) is 4.79 Å². The van der Waals surface area contributed by atoms with E-state index in [0.717, 1.165) is 18.9 Å². The first-order valence-electron chi connectivity index (χ1n) is 6.29. The summed E-state index contributed by atoms with van der Waals surface area (Å²) in [4.78, 5) is 10.8. The maximum Gasteiger partial charge on any atom is 0.335 e. The largest absolute Gasteiger partial charge is 0.491 e. The molecule has 0 atom stereocenters. The lowest BCUT2D eigenvalue weighted by Crippen LogP contribution is -2.08. The summed E-state index contributed by atoms with van der Waals surface area (Å²) < 4.78 is 10.9. The van der Waals surface area contributed by atoms with E-state index in [1.54, 1.807) is 18.2 Å². The average molecular weight is 250 g/mol. The van der Waals surface area contributed by atoms with Crippen LogP contribution in [0.1, 0.15) is 29.6 Å². The van der Waals surface area contributed by atoms with E-state index in [1.807, 2.05) is 0 Å². The van der Waals surface area contributed by atoms with Crippen molar-refractivity contribution < 1.29 is 19.4 Å². The zero-order chi connectivity index (χ0) is 12.8. The van der Waals surface area contributed by atoms with Gasteiger partial charge in [0.25, 0.3) is 0 Å². The van der Waals surface area contributed by atoms with Crippen LogP contribution in [0.5, 0.6) is 5.75 Å². The van der Waals surface area contributed by atoms with Gasteiger partial charge >= 0.3 is 5.97 Å². The van der Waals surface area contributed by atoms with Gasteiger partial charge < -0.3 is 14.6 Å². The highest BCUT2D eigenvalue weighted by Gasteiger charge is 2.20. The summed E-state index contributed by atoms with van der Waals surface area (Å²) in [6.07, 6.45) is 3.85. The van der Waals surface area contributed by atoms with Crippen molar-refractivity contribution in [1.29, 1.82) is 0 Å². The van der Waals surface area contributed by atoms with E-state index >= 15 is 0 Å². The van der Waals surface area contributed by atoms with Gasteiger partial charge in [0, 0.05) is 6.61 Å². The van der Waals surface area contributed by atoms with Crippen LogP contribution in [-0.2, 0) is 4.74 Å². The lowest BCUT2D eigenvalue weighted by molar-refractivity contribution is 0.0696. The molecule has 98 valence electrons. The van der Waals surface area contributed by atoms with Crippen molar-refractivity contribution >= 4 is 5.97 Å². The number of ether oxygens (including phenoxy) is 2. The van der Waals surface area contributed by atoms with Crippen molar-refractivity contribution in [3.8, 4) is 5.75 Å². The van der Waals surface area contributed by atoms with Crippen LogP contribution >= 0.6 is 0 Å². The summed E-state index contributed by atoms with van der Waals surface area (Å²) >= 11 is 0. The van der Waals surface area contributed by atoms with Crippen LogP contribution in [0, 0.1) is 5.92 Å². The van der Waals surface area contributed by atoms with E-state index in [-0.39, 0.29) is 5.56 Å². The Balaban J connectivity index is 1.62. The molecule has 0 aromatic heterocycles. The molecule has 0 bridgehead atoms. The molecule has 4 heteroatoms. The van der Waals surface area contributed by atoms with Gasteiger partial charge in [-0.15, -0.1) is 0 Å². The quantitative estimate of drug-likeness (QED) is 0.720. The molecule has 4 nitrogen and oxygen atoms in total. The number of carbonyl (C=O) groups is 1. The standard InChI is InChI=1S/C14H18O4/c15-14(16)12-2-1-3-13(10-12)18-9-8-17-7-6-11-4-5-11/h1-3,10-11H,4-9H2,(H,15,16). The Bertz CT molecular complexity index is 399. The first kappa shape index (κ1) is 12.9. The number of carboxylic acid groups (broad SMARTS) is 1. The van der Waals surface area contributed by atoms with Gasteiger partial charge in [0.15, 0.2) is 0 Å². The van der Waals surface area contributed by atoms with E-state index < -0.39 is 5.97 Å². The van der Waals surface area contributed by atoms with Crippen LogP contribution in [0.4, 0.5) is 0 Å². The van der Waals surface area contributed by atoms with Gasteiger partial charge in [0.2, 0.25) is 0 Å². The number of hydrogen-bond acceptors (Lipinski definition) is 3. The molecule has 0 heterocycles. The van der Waals surface area contributed by atoms with Crippen LogP contribution in [0.25, 0.3) is 0 Å². The van der Waals surface area contributed by atoms with Gasteiger partial charge in [0.05, 0.1) is 12.2 Å². The van der Waals surface area contributed by atoms with E-state index in [2.05, 4.69) is 0 Å². The summed E-state index contributed by atoms with van der Waals surface area (Å²) in [5.74, 6) is 0.514. The minimum Gasteiger partial charge on any atom is -0.491 e. The number of rotatable bonds is 8. The Morgan fingerprint density at radius 1 is 1.28 bits per heavy atom. The molecule has 1 aliphatic carbocycles. The lowest BCUT2D eigenvalue weighted by atomic mass is 10.2. The third-order valence-corrected chi connectivity index (χ3v) is 2.94. The highest BCUT2D eigenvalue weighted by atomic mass is 16.5. The monoisotopic (exact) mass is 250 g/mol. The molecule has 1 N–H and O–H groups in total. The molecule has 1 aromatic carbocycles. The molecule has 0 unspecified atom stereocenters. The van der Waals surface area contributed by atoms with Crippen molar-refractivity contribution in [2.75, 3.05) is 19.8 Å². The smallest absolute Gasteiger partial charge is 0.335 e. The van der Waals surface area contributed by atoms with Crippen molar-refractivity contribution in [1.82, 2.24) is 0 Å². The first-order chi connectivity index (χ1) is 8.75. The summed E-state index contributed by atoms with van der Waals surface area (Å²) in [6.45, 7) is 1.79. The molecular weight excluding hydrogens is 232 g/mol. The third kappa shape index (κ3) is 4.37. The Kier molecular flexibility index (Phi) is 4.59. The number of carboxylic acids is 1. The topological polar surface area (TPSA) is 55.8 Å². The average Bonchev–Trinajstić information content (AvgIpc) is 3.18. The maximum absolute atomic E-state index is 10.8. The van der Waals surface area contributed by atoms with Gasteiger partial charge in [-0.05, 0) is 30.5 Å². The Morgan fingerprint density at radius 3 is 2.83 bits per heavy atom. The molecule has 1 aliphatic rings. The van der Waals surface area contributed by atoms with Crippen molar-refractivity contribution in [3.05, 3.63) is 29.8 Å². The zero-order valence-electron chi connectivity index (χ0n) is 10.3. The van der Waals surface area contributed by atoms with Crippen LogP contribution in [0.15, 0.2) is 24.3 Å². The van der Waals surface area contributed by atoms with E-state index in [9.17, 15) is 4.79 Å². The highest BCUT2D eigenvalue weighted by molar-refractivity contribution is 5.87. The van der Waals surface area contributed by atoms with E-state index in [4.69, 9.17) is 14.6 Å². The number of benzene rings is 1. The van der Waals surface area contributed by atoms with Crippen LogP contribution in [-0.4, -0.2) is 30.9 Å². The highest BCUT2D eigenvalue weighted by Crippen LogP contribution is 2.32. The minimum absolute atomic E-state index is 0.238. The fourth-order valence-electron chi connectivity index (χ4n) is 1.70. The summed E-state index contributed by atoms with van der Waals surface area (Å²) in [5, 5.41) is 8.83. The number of aromatic carboxylic acids is 1. The molecule has 1 fully saturated rings. The molecule has 1 aromatic rings. The molecule has 18 heavy (non-hydrogen) atoms. The second-order valence-electron chi connectivity index (χ2n) is 4.53. The second-order valence-corrected chi connectivity index (χ2v) is 4.53. The van der Waals surface area contributed by atoms with Gasteiger partial charge in [-0.2, -0.15) is 0 Å². The molecule has 2 rings (SSSR count). The zero-order valence-corrected chi connectivity index (χ0v) is 10.3. The molecule has 1 saturated carbocycles. The van der Waals surface area contributed by atoms with Gasteiger partial charge in [0.1, 0.15) is 12.4 Å². The summed E-state index contributed by atoms with van der Waals surface area (Å²) in [7, 11) is 0. The Labute approximate surface area is 107 Å². The fraction of sp³-hybridized carbons (Fsp3) is 0.500. The van der Waals surface area contributed by atoms with Crippen LogP contribution < -0.4 is 4.74 Å². The molecule has 0 saturated heterocycles. The van der Waals surface area contributed by atoms with Gasteiger partial charge in [-0.3, -0.25) is 0 Å². The van der Waals surface area contributed by atoms with Gasteiger partial charge in [-0.1, -0.05) is 18.9 Å². The van der Waals surface area contributed by atoms with E-state index in [0.29, 0.717) is 19.0 Å². The summed E-state index contributed by atoms with van der Waals surface area (Å²) in [5.41, 5.74) is 0.238. The number of hydrogen-bond donors (Lipinski definition) is 1. The Hall–Kier alpha value is -1.55.